The van der Waals surface area contributed by atoms with Gasteiger partial charge in [0.25, 0.3) is 0 Å². The highest BCUT2D eigenvalue weighted by Gasteiger charge is 2.42. The molecule has 0 amide bonds. The van der Waals surface area contributed by atoms with Gasteiger partial charge in [-0.1, -0.05) is 91.0 Å². The van der Waals surface area contributed by atoms with Crippen molar-refractivity contribution in [3.05, 3.63) is 108 Å². The number of Topliss-reactive ketones (excluding diaryl/α,β-unsaturated/α-hetero) is 1. The number of carbonyl (C=O) groups excluding carboxylic acids is 1. The Morgan fingerprint density at radius 1 is 0.731 bits per heavy atom. The van der Waals surface area contributed by atoms with Gasteiger partial charge in [0.15, 0.2) is 5.78 Å². The third-order valence-electron chi connectivity index (χ3n) is 4.73. The molecule has 0 bridgehead atoms. The van der Waals surface area contributed by atoms with Crippen LogP contribution in [-0.4, -0.2) is 24.2 Å². The number of ketones is 1. The first-order valence-electron chi connectivity index (χ1n) is 8.75. The fourth-order valence-corrected chi connectivity index (χ4v) is 5.10. The number of rotatable bonds is 5. The number of carbonyl (C=O) groups is 1. The van der Waals surface area contributed by atoms with Crippen LogP contribution in [0, 0.1) is 0 Å². The minimum absolute atomic E-state index is 0.169. The van der Waals surface area contributed by atoms with Gasteiger partial charge in [0, 0.05) is 0 Å². The highest BCUT2D eigenvalue weighted by atomic mass is 32.2. The Morgan fingerprint density at radius 3 is 1.50 bits per heavy atom. The molecule has 1 aliphatic rings. The van der Waals surface area contributed by atoms with Crippen LogP contribution in [0.15, 0.2) is 91.0 Å². The van der Waals surface area contributed by atoms with E-state index in [0.29, 0.717) is 6.61 Å². The molecule has 3 aromatic rings. The summed E-state index contributed by atoms with van der Waals surface area (Å²) >= 11 is 1.69. The maximum atomic E-state index is 12.4. The zero-order valence-corrected chi connectivity index (χ0v) is 15.2. The average molecular weight is 360 g/mol. The third kappa shape index (κ3) is 3.09. The Hall–Kier alpha value is -2.36. The van der Waals surface area contributed by atoms with Crippen molar-refractivity contribution in [1.82, 2.24) is 0 Å². The lowest BCUT2D eigenvalue weighted by atomic mass is 9.84. The second kappa shape index (κ2) is 7.48. The Morgan fingerprint density at radius 2 is 1.15 bits per heavy atom. The molecule has 0 radical (unpaired) electrons. The molecule has 0 saturated carbocycles. The Kier molecular flexibility index (Phi) is 4.91. The summed E-state index contributed by atoms with van der Waals surface area (Å²) in [6.45, 7) is 0.684. The van der Waals surface area contributed by atoms with Gasteiger partial charge < -0.3 is 4.74 Å². The Bertz CT molecular complexity index is 766. The molecule has 4 rings (SSSR count). The molecule has 1 heterocycles. The van der Waals surface area contributed by atoms with Crippen molar-refractivity contribution in [2.75, 3.05) is 13.2 Å². The minimum atomic E-state index is -0.461. The number of ether oxygens (including phenoxy) is 1. The fraction of sp³-hybridized carbons (Fsp3) is 0.174. The van der Waals surface area contributed by atoms with Crippen LogP contribution >= 0.6 is 11.8 Å². The summed E-state index contributed by atoms with van der Waals surface area (Å²) < 4.78 is 4.99. The van der Waals surface area contributed by atoms with E-state index in [1.807, 2.05) is 18.2 Å². The van der Waals surface area contributed by atoms with Crippen molar-refractivity contribution in [3.8, 4) is 0 Å². The van der Waals surface area contributed by atoms with Gasteiger partial charge in [-0.2, -0.15) is 0 Å². The highest BCUT2D eigenvalue weighted by Crippen LogP contribution is 2.50. The van der Waals surface area contributed by atoms with E-state index in [0.717, 1.165) is 0 Å². The number of hydrogen-bond acceptors (Lipinski definition) is 3. The highest BCUT2D eigenvalue weighted by molar-refractivity contribution is 8.02. The zero-order valence-electron chi connectivity index (χ0n) is 14.4. The molecule has 1 atom stereocenters. The summed E-state index contributed by atoms with van der Waals surface area (Å²) in [4.78, 5) is 12.4. The zero-order chi connectivity index (χ0) is 17.8. The van der Waals surface area contributed by atoms with Crippen molar-refractivity contribution >= 4 is 17.5 Å². The molecule has 1 unspecified atom stereocenters. The molecule has 2 nitrogen and oxygen atoms in total. The molecule has 26 heavy (non-hydrogen) atoms. The summed E-state index contributed by atoms with van der Waals surface area (Å²) in [6.07, 6.45) is 0. The monoisotopic (exact) mass is 360 g/mol. The molecule has 1 saturated heterocycles. The summed E-state index contributed by atoms with van der Waals surface area (Å²) in [6, 6.07) is 31.3. The van der Waals surface area contributed by atoms with Crippen LogP contribution in [0.3, 0.4) is 0 Å². The number of thioether (sulfide) groups is 1. The van der Waals surface area contributed by atoms with Crippen LogP contribution in [0.2, 0.25) is 0 Å². The van der Waals surface area contributed by atoms with E-state index in [1.54, 1.807) is 11.8 Å². The first kappa shape index (κ1) is 17.1. The SMILES string of the molecule is O=C1COCC1SC(c1ccccc1)(c1ccccc1)c1ccccc1. The fourth-order valence-electron chi connectivity index (χ4n) is 3.49. The first-order valence-corrected chi connectivity index (χ1v) is 9.63. The summed E-state index contributed by atoms with van der Waals surface area (Å²) in [7, 11) is 0. The summed E-state index contributed by atoms with van der Waals surface area (Å²) in [5.74, 6) is 0.169. The lowest BCUT2D eigenvalue weighted by molar-refractivity contribution is -0.117. The van der Waals surface area contributed by atoms with Crippen molar-refractivity contribution in [3.63, 3.8) is 0 Å². The van der Waals surface area contributed by atoms with Crippen LogP contribution < -0.4 is 0 Å². The van der Waals surface area contributed by atoms with E-state index in [-0.39, 0.29) is 17.6 Å². The van der Waals surface area contributed by atoms with Gasteiger partial charge in [-0.3, -0.25) is 4.79 Å². The number of benzene rings is 3. The van der Waals surface area contributed by atoms with E-state index in [2.05, 4.69) is 72.8 Å². The molecule has 0 spiro atoms. The molecule has 0 aromatic heterocycles. The van der Waals surface area contributed by atoms with Gasteiger partial charge in [-0.05, 0) is 16.7 Å². The molecule has 130 valence electrons. The van der Waals surface area contributed by atoms with Gasteiger partial charge in [0.1, 0.15) is 6.61 Å². The maximum Gasteiger partial charge on any atom is 0.173 e. The predicted molar refractivity (Wildman–Crippen MR) is 106 cm³/mol. The van der Waals surface area contributed by atoms with Crippen LogP contribution in [0.25, 0.3) is 0 Å². The van der Waals surface area contributed by atoms with Crippen LogP contribution in [-0.2, 0) is 14.3 Å². The topological polar surface area (TPSA) is 26.3 Å². The molecule has 0 N–H and O–H groups in total. The normalized spacial score (nSPS) is 17.4. The van der Waals surface area contributed by atoms with Crippen LogP contribution in [0.5, 0.6) is 0 Å². The van der Waals surface area contributed by atoms with E-state index in [1.165, 1.54) is 16.7 Å². The quantitative estimate of drug-likeness (QED) is 0.618. The van der Waals surface area contributed by atoms with Gasteiger partial charge in [-0.15, -0.1) is 11.8 Å². The summed E-state index contributed by atoms with van der Waals surface area (Å²) in [5, 5.41) is -0.171. The van der Waals surface area contributed by atoms with Crippen LogP contribution in [0.1, 0.15) is 16.7 Å². The van der Waals surface area contributed by atoms with Crippen molar-refractivity contribution in [1.29, 1.82) is 0 Å². The molecular formula is C23H20O2S. The van der Waals surface area contributed by atoms with Crippen molar-refractivity contribution in [2.45, 2.75) is 10.00 Å². The van der Waals surface area contributed by atoms with Gasteiger partial charge >= 0.3 is 0 Å². The molecule has 0 aliphatic carbocycles. The Labute approximate surface area is 158 Å². The van der Waals surface area contributed by atoms with Crippen molar-refractivity contribution in [2.24, 2.45) is 0 Å². The molecule has 1 aliphatic heterocycles. The molecule has 3 aromatic carbocycles. The van der Waals surface area contributed by atoms with E-state index in [9.17, 15) is 4.79 Å². The third-order valence-corrected chi connectivity index (χ3v) is 6.48. The largest absolute Gasteiger partial charge is 0.372 e. The van der Waals surface area contributed by atoms with E-state index in [4.69, 9.17) is 4.74 Å². The average Bonchev–Trinajstić information content (AvgIpc) is 3.12. The first-order chi connectivity index (χ1) is 12.8. The lowest BCUT2D eigenvalue weighted by Gasteiger charge is -2.36. The smallest absolute Gasteiger partial charge is 0.173 e. The van der Waals surface area contributed by atoms with Gasteiger partial charge in [0.05, 0.1) is 16.6 Å². The number of hydrogen-bond donors (Lipinski definition) is 0. The second-order valence-corrected chi connectivity index (χ2v) is 7.78. The van der Waals surface area contributed by atoms with E-state index >= 15 is 0 Å². The standard InChI is InChI=1S/C23H20O2S/c24-21-16-25-17-22(21)26-23(18-10-4-1-5-11-18,19-12-6-2-7-13-19)20-14-8-3-9-15-20/h1-15,22H,16-17H2. The van der Waals surface area contributed by atoms with Crippen molar-refractivity contribution < 1.29 is 9.53 Å². The van der Waals surface area contributed by atoms with Gasteiger partial charge in [-0.25, -0.2) is 0 Å². The molecule has 3 heteroatoms. The van der Waals surface area contributed by atoms with Gasteiger partial charge in [0.2, 0.25) is 0 Å². The second-order valence-electron chi connectivity index (χ2n) is 6.37. The molecule has 1 fully saturated rings. The lowest BCUT2D eigenvalue weighted by Crippen LogP contribution is -2.31. The van der Waals surface area contributed by atoms with Crippen LogP contribution in [0.4, 0.5) is 0 Å². The minimum Gasteiger partial charge on any atom is -0.372 e. The maximum absolute atomic E-state index is 12.4. The summed E-state index contributed by atoms with van der Waals surface area (Å²) in [5.41, 5.74) is 3.51. The predicted octanol–water partition coefficient (Wildman–Crippen LogP) is 4.68. The van der Waals surface area contributed by atoms with E-state index < -0.39 is 4.75 Å². The molecular weight excluding hydrogens is 340 g/mol. The Balaban J connectivity index is 1.95.